The van der Waals surface area contributed by atoms with Gasteiger partial charge in [0, 0.05) is 18.2 Å². The summed E-state index contributed by atoms with van der Waals surface area (Å²) in [5.74, 6) is 0.658. The van der Waals surface area contributed by atoms with E-state index < -0.39 is 0 Å². The van der Waals surface area contributed by atoms with Gasteiger partial charge < -0.3 is 15.4 Å². The number of hydrogen-bond donors (Lipinski definition) is 2. The molecule has 0 bridgehead atoms. The van der Waals surface area contributed by atoms with E-state index in [9.17, 15) is 4.79 Å². The quantitative estimate of drug-likeness (QED) is 0.914. The van der Waals surface area contributed by atoms with Gasteiger partial charge in [-0.1, -0.05) is 29.8 Å². The number of ether oxygens (including phenoxy) is 1. The van der Waals surface area contributed by atoms with E-state index in [4.69, 9.17) is 16.3 Å². The van der Waals surface area contributed by atoms with Crippen molar-refractivity contribution in [3.63, 3.8) is 0 Å². The fraction of sp³-hybridized carbons (Fsp3) is 0.250. The maximum atomic E-state index is 12.1. The van der Waals surface area contributed by atoms with Crippen LogP contribution in [0.15, 0.2) is 42.6 Å². The van der Waals surface area contributed by atoms with E-state index in [0.717, 1.165) is 11.3 Å². The summed E-state index contributed by atoms with van der Waals surface area (Å²) in [5, 5.41) is 6.33. The van der Waals surface area contributed by atoms with Gasteiger partial charge in [-0.3, -0.25) is 4.98 Å². The molecule has 5 nitrogen and oxygen atoms in total. The first-order chi connectivity index (χ1) is 10.7. The molecule has 0 unspecified atom stereocenters. The van der Waals surface area contributed by atoms with E-state index in [1.54, 1.807) is 12.3 Å². The Bertz CT molecular complexity index is 664. The average molecular weight is 318 g/mol. The first-order valence-electron chi connectivity index (χ1n) is 7.09. The van der Waals surface area contributed by atoms with Crippen LogP contribution in [0.25, 0.3) is 0 Å². The molecule has 1 aromatic heterocycles. The number of hydrogen-bond acceptors (Lipinski definition) is 3. The van der Waals surface area contributed by atoms with Crippen molar-refractivity contribution in [1.29, 1.82) is 0 Å². The Morgan fingerprint density at radius 1 is 1.32 bits per heavy atom. The highest BCUT2D eigenvalue weighted by Crippen LogP contribution is 2.37. The van der Waals surface area contributed by atoms with Gasteiger partial charge in [0.05, 0.1) is 29.9 Å². The van der Waals surface area contributed by atoms with Crippen LogP contribution in [-0.4, -0.2) is 17.6 Å². The minimum atomic E-state index is -0.233. The van der Waals surface area contributed by atoms with Crippen LogP contribution < -0.4 is 15.4 Å². The zero-order chi connectivity index (χ0) is 15.4. The van der Waals surface area contributed by atoms with Crippen LogP contribution in [0.4, 0.5) is 4.79 Å². The van der Waals surface area contributed by atoms with E-state index in [-0.39, 0.29) is 12.1 Å². The molecule has 0 aliphatic carbocycles. The van der Waals surface area contributed by atoms with E-state index in [1.165, 1.54) is 0 Å². The first-order valence-corrected chi connectivity index (χ1v) is 7.47. The third kappa shape index (κ3) is 3.31. The summed E-state index contributed by atoms with van der Waals surface area (Å²) in [7, 11) is 0. The number of carbonyl (C=O) groups excluding carboxylic acids is 1. The van der Waals surface area contributed by atoms with Gasteiger partial charge in [-0.25, -0.2) is 4.79 Å². The molecule has 0 saturated carbocycles. The van der Waals surface area contributed by atoms with Crippen LogP contribution in [0.2, 0.25) is 5.02 Å². The van der Waals surface area contributed by atoms with E-state index in [2.05, 4.69) is 15.6 Å². The molecule has 0 spiro atoms. The molecule has 0 radical (unpaired) electrons. The van der Waals surface area contributed by atoms with Gasteiger partial charge >= 0.3 is 6.03 Å². The van der Waals surface area contributed by atoms with Crippen LogP contribution in [0.3, 0.4) is 0 Å². The normalized spacial score (nSPS) is 16.3. The van der Waals surface area contributed by atoms with Gasteiger partial charge in [-0.05, 0) is 18.2 Å². The van der Waals surface area contributed by atoms with Crippen molar-refractivity contribution >= 4 is 17.6 Å². The minimum Gasteiger partial charge on any atom is -0.492 e. The third-order valence-electron chi connectivity index (χ3n) is 3.49. The summed E-state index contributed by atoms with van der Waals surface area (Å²) in [4.78, 5) is 16.2. The summed E-state index contributed by atoms with van der Waals surface area (Å²) in [6.45, 7) is 0.917. The summed E-state index contributed by atoms with van der Waals surface area (Å²) in [6.07, 6.45) is 2.41. The number of fused-ring (bicyclic) bond motifs is 1. The monoisotopic (exact) mass is 317 g/mol. The van der Waals surface area contributed by atoms with Crippen LogP contribution in [-0.2, 0) is 6.54 Å². The fourth-order valence-corrected chi connectivity index (χ4v) is 2.66. The zero-order valence-corrected chi connectivity index (χ0v) is 12.6. The molecule has 1 aromatic carbocycles. The summed E-state index contributed by atoms with van der Waals surface area (Å²) >= 11 is 6.12. The van der Waals surface area contributed by atoms with Crippen LogP contribution in [0.5, 0.6) is 5.75 Å². The number of rotatable bonds is 3. The molecule has 2 heterocycles. The number of halogens is 1. The lowest BCUT2D eigenvalue weighted by molar-refractivity contribution is 0.223. The number of pyridine rings is 1. The van der Waals surface area contributed by atoms with Crippen LogP contribution in [0, 0.1) is 0 Å². The van der Waals surface area contributed by atoms with E-state index >= 15 is 0 Å². The number of nitrogens with zero attached hydrogens (tertiary/aromatic N) is 1. The number of urea groups is 1. The Hall–Kier alpha value is -2.27. The minimum absolute atomic E-state index is 0.105. The Balaban J connectivity index is 1.62. The lowest BCUT2D eigenvalue weighted by Crippen LogP contribution is -2.39. The summed E-state index contributed by atoms with van der Waals surface area (Å²) in [5.41, 5.74) is 1.72. The highest BCUT2D eigenvalue weighted by molar-refractivity contribution is 6.32. The average Bonchev–Trinajstić information content (AvgIpc) is 2.55. The van der Waals surface area contributed by atoms with Crippen LogP contribution >= 0.6 is 11.6 Å². The third-order valence-corrected chi connectivity index (χ3v) is 3.78. The molecule has 114 valence electrons. The van der Waals surface area contributed by atoms with Gasteiger partial charge in [0.1, 0.15) is 5.75 Å². The lowest BCUT2D eigenvalue weighted by Gasteiger charge is -2.27. The van der Waals surface area contributed by atoms with Gasteiger partial charge in [0.25, 0.3) is 0 Å². The Morgan fingerprint density at radius 3 is 3.05 bits per heavy atom. The SMILES string of the molecule is O=C(NCc1ccccn1)N[C@@H]1CCOc2c(Cl)cccc21. The van der Waals surface area contributed by atoms with Crippen molar-refractivity contribution in [3.05, 3.63) is 58.9 Å². The topological polar surface area (TPSA) is 63.2 Å². The van der Waals surface area contributed by atoms with Gasteiger partial charge in [-0.2, -0.15) is 0 Å². The van der Waals surface area contributed by atoms with Gasteiger partial charge in [-0.15, -0.1) is 0 Å². The molecule has 1 aliphatic rings. The van der Waals surface area contributed by atoms with Crippen molar-refractivity contribution in [2.24, 2.45) is 0 Å². The number of carbonyl (C=O) groups is 1. The molecule has 2 aromatic rings. The molecule has 0 saturated heterocycles. The van der Waals surface area contributed by atoms with Crippen molar-refractivity contribution in [3.8, 4) is 5.75 Å². The zero-order valence-electron chi connectivity index (χ0n) is 11.9. The van der Waals surface area contributed by atoms with Gasteiger partial charge in [0.15, 0.2) is 0 Å². The smallest absolute Gasteiger partial charge is 0.315 e. The molecule has 22 heavy (non-hydrogen) atoms. The largest absolute Gasteiger partial charge is 0.492 e. The molecular weight excluding hydrogens is 302 g/mol. The van der Waals surface area contributed by atoms with E-state index in [0.29, 0.717) is 30.3 Å². The lowest BCUT2D eigenvalue weighted by atomic mass is 10.0. The molecule has 2 amide bonds. The molecule has 0 fully saturated rings. The fourth-order valence-electron chi connectivity index (χ4n) is 2.42. The maximum Gasteiger partial charge on any atom is 0.315 e. The predicted molar refractivity (Wildman–Crippen MR) is 83.9 cm³/mol. The highest BCUT2D eigenvalue weighted by Gasteiger charge is 2.24. The molecule has 3 rings (SSSR count). The second kappa shape index (κ2) is 6.66. The highest BCUT2D eigenvalue weighted by atomic mass is 35.5. The van der Waals surface area contributed by atoms with Crippen molar-refractivity contribution in [1.82, 2.24) is 15.6 Å². The van der Waals surface area contributed by atoms with Gasteiger partial charge in [0.2, 0.25) is 0 Å². The molecular formula is C16H16ClN3O2. The number of para-hydroxylation sites is 1. The van der Waals surface area contributed by atoms with Crippen molar-refractivity contribution in [2.75, 3.05) is 6.61 Å². The molecule has 1 atom stereocenters. The number of nitrogens with one attached hydrogen (secondary N) is 2. The van der Waals surface area contributed by atoms with Crippen LogP contribution in [0.1, 0.15) is 23.7 Å². The van der Waals surface area contributed by atoms with Crippen molar-refractivity contribution < 1.29 is 9.53 Å². The Morgan fingerprint density at radius 2 is 2.23 bits per heavy atom. The first kappa shape index (κ1) is 14.7. The molecule has 2 N–H and O–H groups in total. The van der Waals surface area contributed by atoms with Crippen molar-refractivity contribution in [2.45, 2.75) is 19.0 Å². The molecule has 1 aliphatic heterocycles. The molecule has 6 heteroatoms. The standard InChI is InChI=1S/C16H16ClN3O2/c17-13-6-3-5-12-14(7-9-22-15(12)13)20-16(21)19-10-11-4-1-2-8-18-11/h1-6,8,14H,7,9-10H2,(H2,19,20,21)/t14-/m1/s1. The number of amides is 2. The van der Waals surface area contributed by atoms with E-state index in [1.807, 2.05) is 30.3 Å². The Labute approximate surface area is 133 Å². The maximum absolute atomic E-state index is 12.1. The number of benzene rings is 1. The second-order valence-electron chi connectivity index (χ2n) is 5.00. The predicted octanol–water partition coefficient (Wildman–Crippen LogP) is 3.06. The Kier molecular flexibility index (Phi) is 4.44. The second-order valence-corrected chi connectivity index (χ2v) is 5.40. The summed E-state index contributed by atoms with van der Waals surface area (Å²) < 4.78 is 5.58. The summed E-state index contributed by atoms with van der Waals surface area (Å²) in [6, 6.07) is 10.8. The number of aromatic nitrogens is 1.